The number of hydrogen-bond donors (Lipinski definition) is 5. The summed E-state index contributed by atoms with van der Waals surface area (Å²) in [6, 6.07) is 6.45. The number of para-hydroxylation sites is 1. The Balaban J connectivity index is 1.71. The van der Waals surface area contributed by atoms with Gasteiger partial charge in [-0.25, -0.2) is 0 Å². The van der Waals surface area contributed by atoms with Crippen LogP contribution in [0, 0.1) is 5.82 Å². The number of H-pyrrole nitrogens is 1. The van der Waals surface area contributed by atoms with Crippen LogP contribution >= 0.6 is 0 Å². The first-order valence-electron chi connectivity index (χ1n) is 10.8. The third-order valence-corrected chi connectivity index (χ3v) is 8.45. The molecule has 0 aliphatic carbocycles. The summed E-state index contributed by atoms with van der Waals surface area (Å²) in [5, 5.41) is 9.56. The number of pyridine rings is 1. The summed E-state index contributed by atoms with van der Waals surface area (Å²) in [5.74, 6) is -0.688. The number of anilines is 3. The molecule has 178 valence electrons. The van der Waals surface area contributed by atoms with Gasteiger partial charge in [-0.05, 0) is 0 Å². The zero-order chi connectivity index (χ0) is 23.7. The normalized spacial score (nSPS) is 17.9. The molecule has 1 aromatic carbocycles. The average Bonchev–Trinajstić information content (AvgIpc) is 3.21. The average molecular weight is 577 g/mol. The second-order valence-electron chi connectivity index (χ2n) is 7.87. The Morgan fingerprint density at radius 2 is 2.12 bits per heavy atom. The van der Waals surface area contributed by atoms with E-state index in [4.69, 9.17) is 4.74 Å². The third-order valence-electron chi connectivity index (χ3n) is 5.72. The first kappa shape index (κ1) is 22.4. The monoisotopic (exact) mass is 577 g/mol. The van der Waals surface area contributed by atoms with Gasteiger partial charge in [0.15, 0.2) is 0 Å². The molecule has 34 heavy (non-hydrogen) atoms. The number of methoxy groups -OCH3 is 1. The van der Waals surface area contributed by atoms with Crippen molar-refractivity contribution in [2.24, 2.45) is 0 Å². The van der Waals surface area contributed by atoms with E-state index in [2.05, 4.69) is 29.4 Å². The topological polar surface area (TPSA) is 120 Å². The van der Waals surface area contributed by atoms with E-state index in [9.17, 15) is 14.0 Å². The Morgan fingerprint density at radius 1 is 1.24 bits per heavy atom. The number of hydrogen-bond acceptors (Lipinski definition) is 6. The molecular formula is C23H23FIN6O3-. The molecule has 5 N–H and O–H groups in total. The molecule has 1 unspecified atom stereocenters. The van der Waals surface area contributed by atoms with Crippen LogP contribution in [0.2, 0.25) is 0 Å². The van der Waals surface area contributed by atoms with Gasteiger partial charge in [-0.3, -0.25) is 0 Å². The molecule has 2 aliphatic heterocycles. The summed E-state index contributed by atoms with van der Waals surface area (Å²) in [6.07, 6.45) is 4.50. The molecule has 11 heteroatoms. The molecule has 0 fully saturated rings. The van der Waals surface area contributed by atoms with E-state index in [0.717, 1.165) is 16.9 Å². The molecule has 0 spiro atoms. The van der Waals surface area contributed by atoms with E-state index < -0.39 is 27.3 Å². The fraction of sp³-hybridized carbons (Fsp3) is 0.261. The molecule has 2 bridgehead atoms. The van der Waals surface area contributed by atoms with Crippen molar-refractivity contribution in [2.75, 3.05) is 30.8 Å². The van der Waals surface area contributed by atoms with Crippen molar-refractivity contribution >= 4 is 28.9 Å². The van der Waals surface area contributed by atoms with Crippen LogP contribution in [-0.4, -0.2) is 42.0 Å². The number of carbonyl (C=O) groups is 2. The van der Waals surface area contributed by atoms with Gasteiger partial charge in [0.1, 0.15) is 0 Å². The number of fused-ring (bicyclic) bond motifs is 3. The first-order chi connectivity index (χ1) is 16.6. The van der Waals surface area contributed by atoms with Crippen molar-refractivity contribution in [2.45, 2.75) is 16.8 Å². The number of ether oxygens (including phenoxy) is 1. The van der Waals surface area contributed by atoms with Crippen LogP contribution in [0.4, 0.5) is 21.5 Å². The number of nitrogens with zero attached hydrogens (tertiary/aromatic N) is 1. The van der Waals surface area contributed by atoms with Gasteiger partial charge in [-0.2, -0.15) is 0 Å². The molecule has 1 atom stereocenters. The summed E-state index contributed by atoms with van der Waals surface area (Å²) >= 11 is -0.781. The van der Waals surface area contributed by atoms with Crippen LogP contribution in [0.5, 0.6) is 5.75 Å². The minimum absolute atomic E-state index is 0.00772. The van der Waals surface area contributed by atoms with Gasteiger partial charge in [0.05, 0.1) is 0 Å². The minimum atomic E-state index is -0.781. The third kappa shape index (κ3) is 4.15. The number of nitrogens with one attached hydrogen (secondary N) is 5. The maximum atomic E-state index is 14.4. The van der Waals surface area contributed by atoms with E-state index in [1.165, 1.54) is 13.2 Å². The SMILES string of the molecule is COc1c(F)cccc1Nc1c2[nH]c3c1C(=O)NCC3[I-]NC(=O)CCCNc1cnccc1-2. The number of aromatic amines is 1. The molecule has 5 rings (SSSR count). The Kier molecular flexibility index (Phi) is 6.26. The molecule has 3 aromatic rings. The van der Waals surface area contributed by atoms with Gasteiger partial charge in [-0.15, -0.1) is 0 Å². The Morgan fingerprint density at radius 3 is 2.97 bits per heavy atom. The molecular weight excluding hydrogens is 554 g/mol. The zero-order valence-corrected chi connectivity index (χ0v) is 20.5. The fourth-order valence-corrected chi connectivity index (χ4v) is 6.34. The molecule has 4 heterocycles. The standard InChI is InChI=1S/C23H23FIN6O3/c1-34-22-13(24)4-2-5-15(22)29-21-18-20-14(10-28-23(18)33)25-31-17(32)6-3-8-27-16-11-26-9-7-12(16)19(21)30-20/h2,4-5,7,9,11,14,27,29-30H,3,6,8,10H2,1H3,(H,28,33)(H,31,32)/q-1. The van der Waals surface area contributed by atoms with Crippen molar-refractivity contribution in [1.82, 2.24) is 18.8 Å². The van der Waals surface area contributed by atoms with E-state index >= 15 is 0 Å². The summed E-state index contributed by atoms with van der Waals surface area (Å²) in [7, 11) is 1.40. The second-order valence-corrected chi connectivity index (χ2v) is 10.5. The number of benzene rings is 1. The number of carbonyl (C=O) groups excluding carboxylic acids is 2. The molecule has 9 nitrogen and oxygen atoms in total. The van der Waals surface area contributed by atoms with Crippen LogP contribution in [0.1, 0.15) is 32.8 Å². The van der Waals surface area contributed by atoms with Gasteiger partial charge in [0.2, 0.25) is 0 Å². The fourth-order valence-electron chi connectivity index (χ4n) is 4.13. The van der Waals surface area contributed by atoms with Crippen LogP contribution in [0.25, 0.3) is 11.3 Å². The number of halogens is 2. The van der Waals surface area contributed by atoms with Gasteiger partial charge in [0, 0.05) is 0 Å². The van der Waals surface area contributed by atoms with Crippen molar-refractivity contribution in [1.29, 1.82) is 0 Å². The van der Waals surface area contributed by atoms with Gasteiger partial charge < -0.3 is 0 Å². The summed E-state index contributed by atoms with van der Waals surface area (Å²) in [5.41, 5.74) is 4.37. The predicted octanol–water partition coefficient (Wildman–Crippen LogP) is 0.0784. The molecule has 2 amide bonds. The van der Waals surface area contributed by atoms with Gasteiger partial charge in [-0.1, -0.05) is 0 Å². The van der Waals surface area contributed by atoms with Crippen LogP contribution in [0.3, 0.4) is 0 Å². The number of aromatic nitrogens is 2. The van der Waals surface area contributed by atoms with E-state index in [1.807, 2.05) is 6.07 Å². The van der Waals surface area contributed by atoms with E-state index in [0.29, 0.717) is 48.6 Å². The summed E-state index contributed by atoms with van der Waals surface area (Å²) < 4.78 is 22.7. The first-order valence-corrected chi connectivity index (χ1v) is 13.1. The van der Waals surface area contributed by atoms with Crippen molar-refractivity contribution in [3.8, 4) is 17.0 Å². The van der Waals surface area contributed by atoms with Crippen molar-refractivity contribution < 1.29 is 40.2 Å². The summed E-state index contributed by atoms with van der Waals surface area (Å²) in [6.45, 7) is 1.03. The number of amides is 2. The van der Waals surface area contributed by atoms with E-state index in [-0.39, 0.29) is 21.5 Å². The molecule has 0 radical (unpaired) electrons. The zero-order valence-electron chi connectivity index (χ0n) is 18.3. The number of alkyl halides is 1. The maximum absolute atomic E-state index is 14.4. The predicted molar refractivity (Wildman–Crippen MR) is 121 cm³/mol. The number of rotatable bonds is 3. The van der Waals surface area contributed by atoms with Crippen LogP contribution < -0.4 is 45.7 Å². The Hall–Kier alpha value is -3.35. The molecule has 2 aliphatic rings. The van der Waals surface area contributed by atoms with E-state index in [1.54, 1.807) is 24.5 Å². The Labute approximate surface area is 205 Å². The molecule has 2 aromatic heterocycles. The van der Waals surface area contributed by atoms with Gasteiger partial charge in [0.25, 0.3) is 0 Å². The van der Waals surface area contributed by atoms with Gasteiger partial charge >= 0.3 is 206 Å². The van der Waals surface area contributed by atoms with Crippen LogP contribution in [0.15, 0.2) is 36.7 Å². The summed E-state index contributed by atoms with van der Waals surface area (Å²) in [4.78, 5) is 33.1. The molecule has 0 saturated carbocycles. The van der Waals surface area contributed by atoms with Crippen molar-refractivity contribution in [3.05, 3.63) is 53.7 Å². The molecule has 0 saturated heterocycles. The second kappa shape index (κ2) is 9.49. The van der Waals surface area contributed by atoms with Crippen LogP contribution in [-0.2, 0) is 4.79 Å². The quantitative estimate of drug-likeness (QED) is 0.171. The Bertz CT molecular complexity index is 1260. The van der Waals surface area contributed by atoms with Crippen molar-refractivity contribution in [3.63, 3.8) is 0 Å².